The topological polar surface area (TPSA) is 95.6 Å². The van der Waals surface area contributed by atoms with Crippen LogP contribution >= 0.6 is 0 Å². The molecule has 2 amide bonds. The van der Waals surface area contributed by atoms with Crippen LogP contribution in [0.2, 0.25) is 0 Å². The number of anilines is 2. The van der Waals surface area contributed by atoms with Crippen LogP contribution in [-0.4, -0.2) is 33.0 Å². The zero-order chi connectivity index (χ0) is 26.3. The minimum atomic E-state index is -3.53. The fraction of sp³-hybridized carbons (Fsp3) is 0.286. The average Bonchev–Trinajstić information content (AvgIpc) is 2.84. The van der Waals surface area contributed by atoms with Crippen LogP contribution in [-0.2, 0) is 16.6 Å². The van der Waals surface area contributed by atoms with Gasteiger partial charge >= 0.3 is 0 Å². The van der Waals surface area contributed by atoms with Crippen molar-refractivity contribution in [2.45, 2.75) is 40.2 Å². The quantitative estimate of drug-likeness (QED) is 0.375. The van der Waals surface area contributed by atoms with Gasteiger partial charge < -0.3 is 10.6 Å². The Morgan fingerprint density at radius 2 is 1.61 bits per heavy atom. The summed E-state index contributed by atoms with van der Waals surface area (Å²) in [6, 6.07) is 19.4. The zero-order valence-corrected chi connectivity index (χ0v) is 22.0. The lowest BCUT2D eigenvalue weighted by Gasteiger charge is -2.25. The Balaban J connectivity index is 1.76. The molecule has 0 bridgehead atoms. The Labute approximate surface area is 213 Å². The minimum Gasteiger partial charge on any atom is -0.352 e. The second-order valence-corrected chi connectivity index (χ2v) is 10.8. The monoisotopic (exact) mass is 507 g/mol. The van der Waals surface area contributed by atoms with Crippen molar-refractivity contribution in [3.63, 3.8) is 0 Å². The van der Waals surface area contributed by atoms with Gasteiger partial charge in [-0.05, 0) is 67.3 Å². The number of hydrogen-bond acceptors (Lipinski definition) is 4. The van der Waals surface area contributed by atoms with Gasteiger partial charge in [-0.25, -0.2) is 8.42 Å². The van der Waals surface area contributed by atoms with Crippen molar-refractivity contribution in [2.24, 2.45) is 0 Å². The SMILES string of the molecule is CCCCNC(=O)c1ccccc1NC(=O)c1ccc(CN(c2cc(C)ccc2C)S(C)(=O)=O)cc1. The molecule has 0 aliphatic rings. The van der Waals surface area contributed by atoms with E-state index in [0.717, 1.165) is 29.5 Å². The molecule has 190 valence electrons. The third-order valence-electron chi connectivity index (χ3n) is 5.81. The van der Waals surface area contributed by atoms with Crippen molar-refractivity contribution in [1.82, 2.24) is 5.32 Å². The minimum absolute atomic E-state index is 0.145. The fourth-order valence-electron chi connectivity index (χ4n) is 3.76. The van der Waals surface area contributed by atoms with E-state index in [9.17, 15) is 18.0 Å². The number of aryl methyl sites for hydroxylation is 2. The molecule has 8 heteroatoms. The van der Waals surface area contributed by atoms with Gasteiger partial charge in [-0.1, -0.05) is 49.7 Å². The molecule has 0 fully saturated rings. The van der Waals surface area contributed by atoms with E-state index >= 15 is 0 Å². The summed E-state index contributed by atoms with van der Waals surface area (Å²) in [6.45, 7) is 6.57. The van der Waals surface area contributed by atoms with Gasteiger partial charge in [-0.15, -0.1) is 0 Å². The van der Waals surface area contributed by atoms with Crippen LogP contribution in [0.1, 0.15) is 57.2 Å². The van der Waals surface area contributed by atoms with Crippen molar-refractivity contribution >= 4 is 33.2 Å². The fourth-order valence-corrected chi connectivity index (χ4v) is 4.69. The summed E-state index contributed by atoms with van der Waals surface area (Å²) < 4.78 is 26.5. The summed E-state index contributed by atoms with van der Waals surface area (Å²) in [5.74, 6) is -0.591. The van der Waals surface area contributed by atoms with E-state index in [-0.39, 0.29) is 18.4 Å². The summed E-state index contributed by atoms with van der Waals surface area (Å²) in [5, 5.41) is 5.68. The van der Waals surface area contributed by atoms with Gasteiger partial charge in [-0.2, -0.15) is 0 Å². The molecule has 0 spiro atoms. The summed E-state index contributed by atoms with van der Waals surface area (Å²) in [6.07, 6.45) is 3.04. The smallest absolute Gasteiger partial charge is 0.255 e. The second kappa shape index (κ2) is 11.9. The summed E-state index contributed by atoms with van der Waals surface area (Å²) in [5.41, 5.74) is 4.43. The number of unbranched alkanes of at least 4 members (excludes halogenated alkanes) is 1. The average molecular weight is 508 g/mol. The molecule has 0 aliphatic heterocycles. The highest BCUT2D eigenvalue weighted by Gasteiger charge is 2.20. The van der Waals surface area contributed by atoms with E-state index in [1.807, 2.05) is 39.0 Å². The van der Waals surface area contributed by atoms with Crippen molar-refractivity contribution < 1.29 is 18.0 Å². The largest absolute Gasteiger partial charge is 0.352 e. The third-order valence-corrected chi connectivity index (χ3v) is 6.94. The molecule has 0 unspecified atom stereocenters. The van der Waals surface area contributed by atoms with Crippen LogP contribution in [0.4, 0.5) is 11.4 Å². The Hall–Kier alpha value is -3.65. The molecule has 0 heterocycles. The van der Waals surface area contributed by atoms with Crippen LogP contribution in [0.3, 0.4) is 0 Å². The van der Waals surface area contributed by atoms with Crippen LogP contribution in [0.15, 0.2) is 66.7 Å². The molecule has 0 aliphatic carbocycles. The van der Waals surface area contributed by atoms with E-state index < -0.39 is 10.0 Å². The number of amides is 2. The van der Waals surface area contributed by atoms with Crippen molar-refractivity contribution in [2.75, 3.05) is 22.4 Å². The van der Waals surface area contributed by atoms with Crippen LogP contribution < -0.4 is 14.9 Å². The van der Waals surface area contributed by atoms with Gasteiger partial charge in [0.1, 0.15) is 0 Å². The summed E-state index contributed by atoms with van der Waals surface area (Å²) >= 11 is 0. The molecule has 3 aromatic carbocycles. The van der Waals surface area contributed by atoms with Gasteiger partial charge in [-0.3, -0.25) is 13.9 Å². The van der Waals surface area contributed by atoms with E-state index in [1.54, 1.807) is 48.5 Å². The summed E-state index contributed by atoms with van der Waals surface area (Å²) in [4.78, 5) is 25.4. The highest BCUT2D eigenvalue weighted by Crippen LogP contribution is 2.26. The van der Waals surface area contributed by atoms with E-state index in [4.69, 9.17) is 0 Å². The molecular weight excluding hydrogens is 474 g/mol. The van der Waals surface area contributed by atoms with Crippen LogP contribution in [0, 0.1) is 13.8 Å². The third kappa shape index (κ3) is 6.95. The number of para-hydroxylation sites is 1. The van der Waals surface area contributed by atoms with Crippen molar-refractivity contribution in [3.05, 3.63) is 94.5 Å². The number of sulfonamides is 1. The molecule has 0 saturated heterocycles. The summed E-state index contributed by atoms with van der Waals surface area (Å²) in [7, 11) is -3.53. The molecule has 2 N–H and O–H groups in total. The van der Waals surface area contributed by atoms with Gasteiger partial charge in [0.05, 0.1) is 29.7 Å². The Bertz CT molecular complexity index is 1340. The highest BCUT2D eigenvalue weighted by atomic mass is 32.2. The van der Waals surface area contributed by atoms with Crippen LogP contribution in [0.5, 0.6) is 0 Å². The highest BCUT2D eigenvalue weighted by molar-refractivity contribution is 7.92. The number of hydrogen-bond donors (Lipinski definition) is 2. The zero-order valence-electron chi connectivity index (χ0n) is 21.2. The number of carbonyl (C=O) groups is 2. The molecule has 0 atom stereocenters. The molecule has 3 rings (SSSR count). The lowest BCUT2D eigenvalue weighted by molar-refractivity contribution is 0.0954. The van der Waals surface area contributed by atoms with Crippen molar-refractivity contribution in [3.8, 4) is 0 Å². The maximum Gasteiger partial charge on any atom is 0.255 e. The number of nitrogens with one attached hydrogen (secondary N) is 2. The van der Waals surface area contributed by atoms with E-state index in [2.05, 4.69) is 10.6 Å². The molecule has 0 saturated carbocycles. The van der Waals surface area contributed by atoms with Gasteiger partial charge in [0.15, 0.2) is 0 Å². The van der Waals surface area contributed by atoms with E-state index in [1.165, 1.54) is 10.6 Å². The Kier molecular flexibility index (Phi) is 8.88. The molecule has 7 nitrogen and oxygen atoms in total. The lowest BCUT2D eigenvalue weighted by atomic mass is 10.1. The number of benzene rings is 3. The predicted molar refractivity (Wildman–Crippen MR) is 145 cm³/mol. The van der Waals surface area contributed by atoms with Crippen molar-refractivity contribution in [1.29, 1.82) is 0 Å². The standard InChI is InChI=1S/C28H33N3O4S/c1-5-6-17-29-28(33)24-9-7-8-10-25(24)30-27(32)23-15-13-22(14-16-23)19-31(36(4,34)35)26-18-20(2)11-12-21(26)3/h7-16,18H,5-6,17,19H2,1-4H3,(H,29,33)(H,30,32). The maximum absolute atomic E-state index is 12.9. The van der Waals surface area contributed by atoms with Crippen LogP contribution in [0.25, 0.3) is 0 Å². The van der Waals surface area contributed by atoms with Gasteiger partial charge in [0.2, 0.25) is 10.0 Å². The molecule has 36 heavy (non-hydrogen) atoms. The number of nitrogens with zero attached hydrogens (tertiary/aromatic N) is 1. The normalized spacial score (nSPS) is 11.1. The maximum atomic E-state index is 12.9. The Morgan fingerprint density at radius 3 is 2.28 bits per heavy atom. The first-order chi connectivity index (χ1) is 17.1. The predicted octanol–water partition coefficient (Wildman–Crippen LogP) is 5.05. The molecule has 3 aromatic rings. The molecule has 0 aromatic heterocycles. The Morgan fingerprint density at radius 1 is 0.917 bits per heavy atom. The molecular formula is C28H33N3O4S. The van der Waals surface area contributed by atoms with E-state index in [0.29, 0.717) is 29.0 Å². The van der Waals surface area contributed by atoms with Gasteiger partial charge in [0.25, 0.3) is 11.8 Å². The first-order valence-electron chi connectivity index (χ1n) is 11.9. The molecule has 0 radical (unpaired) electrons. The first-order valence-corrected chi connectivity index (χ1v) is 13.8. The number of rotatable bonds is 10. The lowest BCUT2D eigenvalue weighted by Crippen LogP contribution is -2.30. The first kappa shape index (κ1) is 26.9. The number of carbonyl (C=O) groups excluding carboxylic acids is 2. The van der Waals surface area contributed by atoms with Gasteiger partial charge in [0, 0.05) is 12.1 Å². The second-order valence-electron chi connectivity index (χ2n) is 8.87.